The van der Waals surface area contributed by atoms with Crippen LogP contribution >= 0.6 is 0 Å². The van der Waals surface area contributed by atoms with Crippen molar-refractivity contribution in [2.45, 2.75) is 12.8 Å². The topological polar surface area (TPSA) is 62.2 Å². The second kappa shape index (κ2) is 7.53. The van der Waals surface area contributed by atoms with Gasteiger partial charge in [0.05, 0.1) is 12.4 Å². The maximum atomic E-state index is 12.8. The van der Waals surface area contributed by atoms with Gasteiger partial charge in [-0.25, -0.2) is 9.97 Å². The number of hydrogen-bond acceptors (Lipinski definition) is 5. The molecule has 0 atom stereocenters. The molecule has 3 heterocycles. The summed E-state index contributed by atoms with van der Waals surface area (Å²) in [6.45, 7) is 1.50. The number of amides is 1. The van der Waals surface area contributed by atoms with Gasteiger partial charge >= 0.3 is 0 Å². The number of carbonyl (C=O) groups excluding carboxylic acids is 1. The number of para-hydroxylation sites is 1. The Morgan fingerprint density at radius 1 is 1.11 bits per heavy atom. The third kappa shape index (κ3) is 3.65. The molecule has 6 heteroatoms. The van der Waals surface area contributed by atoms with E-state index in [1.807, 2.05) is 42.3 Å². The van der Waals surface area contributed by atoms with E-state index in [4.69, 9.17) is 0 Å². The zero-order valence-corrected chi connectivity index (χ0v) is 15.2. The van der Waals surface area contributed by atoms with Crippen molar-refractivity contribution in [3.05, 3.63) is 78.0 Å². The third-order valence-electron chi connectivity index (χ3n) is 4.87. The van der Waals surface area contributed by atoms with Gasteiger partial charge in [-0.15, -0.1) is 0 Å². The maximum absolute atomic E-state index is 12.8. The molecule has 0 aliphatic carbocycles. The van der Waals surface area contributed by atoms with Crippen LogP contribution in [0.2, 0.25) is 0 Å². The van der Waals surface area contributed by atoms with E-state index in [0.717, 1.165) is 30.9 Å². The highest BCUT2D eigenvalue weighted by Crippen LogP contribution is 2.28. The van der Waals surface area contributed by atoms with Gasteiger partial charge in [-0.05, 0) is 42.2 Å². The zero-order valence-electron chi connectivity index (χ0n) is 15.2. The normalized spacial score (nSPS) is 12.7. The summed E-state index contributed by atoms with van der Waals surface area (Å²) in [4.78, 5) is 29.5. The molecule has 0 saturated carbocycles. The Morgan fingerprint density at radius 2 is 1.93 bits per heavy atom. The zero-order chi connectivity index (χ0) is 18.6. The first kappa shape index (κ1) is 17.1. The summed E-state index contributed by atoms with van der Waals surface area (Å²) in [5.41, 5.74) is 3.77. The van der Waals surface area contributed by atoms with Gasteiger partial charge in [-0.2, -0.15) is 0 Å². The largest absolute Gasteiger partial charge is 0.358 e. The molecule has 4 rings (SSSR count). The highest BCUT2D eigenvalue weighted by atomic mass is 16.2. The highest BCUT2D eigenvalue weighted by Gasteiger charge is 2.26. The van der Waals surface area contributed by atoms with Crippen molar-refractivity contribution in [1.29, 1.82) is 0 Å². The minimum atomic E-state index is -0.0987. The van der Waals surface area contributed by atoms with Gasteiger partial charge in [0.25, 0.3) is 5.91 Å². The van der Waals surface area contributed by atoms with Crippen molar-refractivity contribution in [3.8, 4) is 0 Å². The third-order valence-corrected chi connectivity index (χ3v) is 4.87. The van der Waals surface area contributed by atoms with E-state index in [9.17, 15) is 4.79 Å². The summed E-state index contributed by atoms with van der Waals surface area (Å²) >= 11 is 0. The van der Waals surface area contributed by atoms with Crippen LogP contribution in [0.5, 0.6) is 0 Å². The first-order valence-corrected chi connectivity index (χ1v) is 9.04. The summed E-state index contributed by atoms with van der Waals surface area (Å²) in [6, 6.07) is 12.0. The molecule has 0 spiro atoms. The molecule has 1 aromatic carbocycles. The molecule has 0 saturated heterocycles. The molecule has 27 heavy (non-hydrogen) atoms. The quantitative estimate of drug-likeness (QED) is 0.701. The number of likely N-dealkylation sites (N-methyl/N-ethyl adjacent to an activating group) is 1. The van der Waals surface area contributed by atoms with Crippen molar-refractivity contribution in [2.75, 3.05) is 29.9 Å². The molecule has 0 radical (unpaired) electrons. The van der Waals surface area contributed by atoms with Gasteiger partial charge in [0.15, 0.2) is 0 Å². The fraction of sp³-hybridized carbons (Fsp3) is 0.238. The standard InChI is InChI=1S/C21H21N5O/c1-25(12-8-16-6-10-22-11-7-16)20-15-23-18(14-24-20)21(27)26-13-9-17-4-2-3-5-19(17)26/h2-7,10-11,14-15H,8-9,12-13H2,1H3. The predicted octanol–water partition coefficient (Wildman–Crippen LogP) is 2.75. The second-order valence-electron chi connectivity index (χ2n) is 6.62. The fourth-order valence-electron chi connectivity index (χ4n) is 3.28. The summed E-state index contributed by atoms with van der Waals surface area (Å²) < 4.78 is 0. The van der Waals surface area contributed by atoms with Crippen LogP contribution in [0.25, 0.3) is 0 Å². The average molecular weight is 359 g/mol. The lowest BCUT2D eigenvalue weighted by molar-refractivity contribution is 0.0984. The van der Waals surface area contributed by atoms with Gasteiger partial charge < -0.3 is 9.80 Å². The molecule has 6 nitrogen and oxygen atoms in total. The van der Waals surface area contributed by atoms with Crippen molar-refractivity contribution >= 4 is 17.4 Å². The van der Waals surface area contributed by atoms with Gasteiger partial charge in [0.2, 0.25) is 0 Å². The van der Waals surface area contributed by atoms with E-state index < -0.39 is 0 Å². The van der Waals surface area contributed by atoms with Crippen molar-refractivity contribution in [1.82, 2.24) is 15.0 Å². The molecule has 0 unspecified atom stereocenters. The number of carbonyl (C=O) groups is 1. The lowest BCUT2D eigenvalue weighted by atomic mass is 10.2. The number of rotatable bonds is 5. The molecule has 3 aromatic rings. The predicted molar refractivity (Wildman–Crippen MR) is 105 cm³/mol. The molecular weight excluding hydrogens is 338 g/mol. The van der Waals surface area contributed by atoms with Crippen LogP contribution in [-0.4, -0.2) is 41.0 Å². The first-order chi connectivity index (χ1) is 13.2. The minimum Gasteiger partial charge on any atom is -0.358 e. The van der Waals surface area contributed by atoms with Gasteiger partial charge in [0.1, 0.15) is 11.5 Å². The maximum Gasteiger partial charge on any atom is 0.278 e. The number of aromatic nitrogens is 3. The van der Waals surface area contributed by atoms with Gasteiger partial charge in [-0.1, -0.05) is 18.2 Å². The minimum absolute atomic E-state index is 0.0987. The Bertz CT molecular complexity index is 927. The fourth-order valence-corrected chi connectivity index (χ4v) is 3.28. The Hall–Kier alpha value is -3.28. The Labute approximate surface area is 158 Å². The number of hydrogen-bond donors (Lipinski definition) is 0. The van der Waals surface area contributed by atoms with Crippen molar-refractivity contribution in [2.24, 2.45) is 0 Å². The van der Waals surface area contributed by atoms with Gasteiger partial charge in [0, 0.05) is 38.2 Å². The molecule has 1 aliphatic rings. The first-order valence-electron chi connectivity index (χ1n) is 9.04. The van der Waals surface area contributed by atoms with Crippen LogP contribution in [0.3, 0.4) is 0 Å². The Balaban J connectivity index is 1.42. The molecule has 0 N–H and O–H groups in total. The summed E-state index contributed by atoms with van der Waals surface area (Å²) in [7, 11) is 1.98. The van der Waals surface area contributed by atoms with E-state index >= 15 is 0 Å². The van der Waals surface area contributed by atoms with Crippen LogP contribution in [0.1, 0.15) is 21.6 Å². The van der Waals surface area contributed by atoms with Crippen LogP contribution in [0.4, 0.5) is 11.5 Å². The van der Waals surface area contributed by atoms with Crippen LogP contribution in [0, 0.1) is 0 Å². The lowest BCUT2D eigenvalue weighted by Gasteiger charge is -2.19. The molecule has 0 bridgehead atoms. The molecule has 136 valence electrons. The van der Waals surface area contributed by atoms with E-state index in [0.29, 0.717) is 12.2 Å². The summed E-state index contributed by atoms with van der Waals surface area (Å²) in [5.74, 6) is 0.654. The van der Waals surface area contributed by atoms with Gasteiger partial charge in [-0.3, -0.25) is 9.78 Å². The van der Waals surface area contributed by atoms with Crippen LogP contribution < -0.4 is 9.80 Å². The van der Waals surface area contributed by atoms with E-state index in [2.05, 4.69) is 21.0 Å². The van der Waals surface area contributed by atoms with Crippen LogP contribution in [0.15, 0.2) is 61.2 Å². The van der Waals surface area contributed by atoms with Crippen molar-refractivity contribution in [3.63, 3.8) is 0 Å². The number of benzene rings is 1. The molecule has 1 aliphatic heterocycles. The Morgan fingerprint density at radius 3 is 2.70 bits per heavy atom. The molecule has 1 amide bonds. The lowest BCUT2D eigenvalue weighted by Crippen LogP contribution is -2.30. The number of anilines is 2. The van der Waals surface area contributed by atoms with Crippen molar-refractivity contribution < 1.29 is 4.79 Å². The number of pyridine rings is 1. The van der Waals surface area contributed by atoms with E-state index in [1.54, 1.807) is 29.7 Å². The van der Waals surface area contributed by atoms with E-state index in [-0.39, 0.29) is 5.91 Å². The molecule has 0 fully saturated rings. The molecular formula is C21H21N5O. The SMILES string of the molecule is CN(CCc1ccncc1)c1cnc(C(=O)N2CCc3ccccc32)cn1. The summed E-state index contributed by atoms with van der Waals surface area (Å²) in [6.07, 6.45) is 8.61. The number of fused-ring (bicyclic) bond motifs is 1. The average Bonchev–Trinajstić information content (AvgIpc) is 3.16. The monoisotopic (exact) mass is 359 g/mol. The smallest absolute Gasteiger partial charge is 0.278 e. The Kier molecular flexibility index (Phi) is 4.78. The summed E-state index contributed by atoms with van der Waals surface area (Å²) in [5, 5.41) is 0. The second-order valence-corrected chi connectivity index (χ2v) is 6.62. The van der Waals surface area contributed by atoms with Crippen LogP contribution in [-0.2, 0) is 12.8 Å². The van der Waals surface area contributed by atoms with E-state index in [1.165, 1.54) is 11.1 Å². The molecule has 2 aromatic heterocycles. The number of nitrogens with zero attached hydrogens (tertiary/aromatic N) is 5. The highest BCUT2D eigenvalue weighted by molar-refractivity contribution is 6.05.